The Bertz CT molecular complexity index is 415. The molecule has 0 unspecified atom stereocenters. The highest BCUT2D eigenvalue weighted by atomic mass is 79.9. The summed E-state index contributed by atoms with van der Waals surface area (Å²) in [6, 6.07) is 2.11. The van der Waals surface area contributed by atoms with Gasteiger partial charge in [-0.25, -0.2) is 0 Å². The van der Waals surface area contributed by atoms with Gasteiger partial charge in [0.15, 0.2) is 0 Å². The largest absolute Gasteiger partial charge is 0.493 e. The van der Waals surface area contributed by atoms with Crippen LogP contribution in [-0.4, -0.2) is 11.7 Å². The first-order valence-corrected chi connectivity index (χ1v) is 6.21. The van der Waals surface area contributed by atoms with Crippen LogP contribution in [0, 0.1) is 0 Å². The normalized spacial score (nSPS) is 23.2. The van der Waals surface area contributed by atoms with Crippen LogP contribution < -0.4 is 4.74 Å². The predicted molar refractivity (Wildman–Crippen MR) is 61.2 cm³/mol. The summed E-state index contributed by atoms with van der Waals surface area (Å²) in [5.41, 5.74) is 3.58. The van der Waals surface area contributed by atoms with Crippen LogP contribution in [0.5, 0.6) is 5.75 Å². The van der Waals surface area contributed by atoms with E-state index in [4.69, 9.17) is 4.74 Å². The molecule has 15 heavy (non-hydrogen) atoms. The maximum Gasteiger partial charge on any atom is 0.126 e. The highest BCUT2D eigenvalue weighted by Gasteiger charge is 2.28. The quantitative estimate of drug-likeness (QED) is 0.784. The minimum atomic E-state index is -0.322. The Balaban J connectivity index is 2.24. The first-order valence-electron chi connectivity index (χ1n) is 5.42. The second-order valence-corrected chi connectivity index (χ2v) is 5.10. The van der Waals surface area contributed by atoms with E-state index < -0.39 is 0 Å². The first-order chi connectivity index (χ1) is 7.27. The monoisotopic (exact) mass is 268 g/mol. The van der Waals surface area contributed by atoms with Crippen LogP contribution in [0.15, 0.2) is 10.5 Å². The number of fused-ring (bicyclic) bond motifs is 3. The van der Waals surface area contributed by atoms with Gasteiger partial charge in [0.05, 0.1) is 12.7 Å². The van der Waals surface area contributed by atoms with Crippen LogP contribution in [0.2, 0.25) is 0 Å². The van der Waals surface area contributed by atoms with E-state index in [9.17, 15) is 5.11 Å². The summed E-state index contributed by atoms with van der Waals surface area (Å²) >= 11 is 3.56. The smallest absolute Gasteiger partial charge is 0.126 e. The van der Waals surface area contributed by atoms with Gasteiger partial charge in [0, 0.05) is 22.0 Å². The topological polar surface area (TPSA) is 29.5 Å². The lowest BCUT2D eigenvalue weighted by atomic mass is 9.87. The maximum atomic E-state index is 9.99. The van der Waals surface area contributed by atoms with Gasteiger partial charge in [0.1, 0.15) is 5.75 Å². The molecule has 1 heterocycles. The number of aliphatic hydroxyl groups is 1. The molecule has 2 nitrogen and oxygen atoms in total. The average Bonchev–Trinajstić information content (AvgIpc) is 2.65. The Hall–Kier alpha value is -0.540. The van der Waals surface area contributed by atoms with Crippen LogP contribution in [0.4, 0.5) is 0 Å². The van der Waals surface area contributed by atoms with Crippen molar-refractivity contribution in [3.8, 4) is 5.75 Å². The zero-order chi connectivity index (χ0) is 10.4. The van der Waals surface area contributed by atoms with Crippen molar-refractivity contribution in [3.63, 3.8) is 0 Å². The Labute approximate surface area is 97.4 Å². The lowest BCUT2D eigenvalue weighted by Crippen LogP contribution is -2.11. The molecule has 1 aliphatic carbocycles. The molecule has 3 heteroatoms. The second-order valence-electron chi connectivity index (χ2n) is 4.25. The summed E-state index contributed by atoms with van der Waals surface area (Å²) in [7, 11) is 0. The first kappa shape index (κ1) is 9.67. The Morgan fingerprint density at radius 2 is 2.27 bits per heavy atom. The van der Waals surface area contributed by atoms with Crippen LogP contribution in [-0.2, 0) is 12.8 Å². The van der Waals surface area contributed by atoms with Crippen molar-refractivity contribution in [1.29, 1.82) is 0 Å². The molecule has 80 valence electrons. The molecule has 0 saturated heterocycles. The maximum absolute atomic E-state index is 9.99. The molecule has 1 N–H and O–H groups in total. The lowest BCUT2D eigenvalue weighted by Gasteiger charge is -2.24. The summed E-state index contributed by atoms with van der Waals surface area (Å²) in [6.07, 6.45) is 3.63. The summed E-state index contributed by atoms with van der Waals surface area (Å²) in [5, 5.41) is 9.99. The summed E-state index contributed by atoms with van der Waals surface area (Å²) in [5.74, 6) is 1.05. The lowest BCUT2D eigenvalue weighted by molar-refractivity contribution is 0.155. The average molecular weight is 269 g/mol. The molecule has 0 amide bonds. The molecule has 2 aliphatic rings. The fourth-order valence-electron chi connectivity index (χ4n) is 2.61. The van der Waals surface area contributed by atoms with Gasteiger partial charge in [-0.3, -0.25) is 0 Å². The van der Waals surface area contributed by atoms with Crippen LogP contribution >= 0.6 is 15.9 Å². The van der Waals surface area contributed by atoms with Crippen molar-refractivity contribution in [2.75, 3.05) is 6.61 Å². The van der Waals surface area contributed by atoms with E-state index in [0.29, 0.717) is 0 Å². The Kier molecular flexibility index (Phi) is 2.25. The standard InChI is InChI=1S/C12H13BrO2/c13-9-6-7-4-5-15-12(7)8-2-1-3-10(14)11(8)9/h6,10,14H,1-5H2/t10-/m1/s1. The minimum Gasteiger partial charge on any atom is -0.493 e. The minimum absolute atomic E-state index is 0.322. The van der Waals surface area contributed by atoms with Crippen LogP contribution in [0.3, 0.4) is 0 Å². The molecule has 1 aromatic rings. The van der Waals surface area contributed by atoms with Crippen molar-refractivity contribution in [2.24, 2.45) is 0 Å². The van der Waals surface area contributed by atoms with Gasteiger partial charge in [0.25, 0.3) is 0 Å². The third kappa shape index (κ3) is 1.41. The molecule has 0 spiro atoms. The summed E-state index contributed by atoms with van der Waals surface area (Å²) in [4.78, 5) is 0. The van der Waals surface area contributed by atoms with E-state index in [0.717, 1.165) is 48.1 Å². The number of ether oxygens (including phenoxy) is 1. The van der Waals surface area contributed by atoms with Crippen LogP contribution in [0.25, 0.3) is 0 Å². The molecule has 0 saturated carbocycles. The molecular weight excluding hydrogens is 256 g/mol. The zero-order valence-electron chi connectivity index (χ0n) is 8.42. The van der Waals surface area contributed by atoms with E-state index >= 15 is 0 Å². The molecule has 0 aromatic heterocycles. The van der Waals surface area contributed by atoms with Crippen molar-refractivity contribution in [1.82, 2.24) is 0 Å². The van der Waals surface area contributed by atoms with Gasteiger partial charge in [-0.05, 0) is 30.9 Å². The van der Waals surface area contributed by atoms with E-state index in [1.165, 1.54) is 11.1 Å². The van der Waals surface area contributed by atoms with Crippen molar-refractivity contribution < 1.29 is 9.84 Å². The van der Waals surface area contributed by atoms with Gasteiger partial charge in [-0.2, -0.15) is 0 Å². The molecule has 0 bridgehead atoms. The van der Waals surface area contributed by atoms with Gasteiger partial charge in [-0.15, -0.1) is 0 Å². The van der Waals surface area contributed by atoms with Crippen molar-refractivity contribution in [3.05, 3.63) is 27.2 Å². The van der Waals surface area contributed by atoms with Gasteiger partial charge in [0.2, 0.25) is 0 Å². The number of hydrogen-bond donors (Lipinski definition) is 1. The van der Waals surface area contributed by atoms with E-state index in [1.54, 1.807) is 0 Å². The third-order valence-electron chi connectivity index (χ3n) is 3.30. The number of hydrogen-bond acceptors (Lipinski definition) is 2. The third-order valence-corrected chi connectivity index (χ3v) is 3.96. The number of benzene rings is 1. The number of rotatable bonds is 0. The molecule has 1 atom stereocenters. The Morgan fingerprint density at radius 1 is 1.40 bits per heavy atom. The van der Waals surface area contributed by atoms with E-state index in [-0.39, 0.29) is 6.10 Å². The highest BCUT2D eigenvalue weighted by molar-refractivity contribution is 9.10. The zero-order valence-corrected chi connectivity index (χ0v) is 10.0. The SMILES string of the molecule is O[C@@H]1CCCc2c3c(cc(Br)c21)CCO3. The van der Waals surface area contributed by atoms with Crippen LogP contribution in [0.1, 0.15) is 35.6 Å². The van der Waals surface area contributed by atoms with Gasteiger partial charge in [-0.1, -0.05) is 15.9 Å². The van der Waals surface area contributed by atoms with Crippen molar-refractivity contribution in [2.45, 2.75) is 31.8 Å². The molecule has 0 radical (unpaired) electrons. The molecular formula is C12H13BrO2. The fraction of sp³-hybridized carbons (Fsp3) is 0.500. The number of aliphatic hydroxyl groups excluding tert-OH is 1. The summed E-state index contributed by atoms with van der Waals surface area (Å²) in [6.45, 7) is 0.786. The summed E-state index contributed by atoms with van der Waals surface area (Å²) < 4.78 is 6.72. The fourth-order valence-corrected chi connectivity index (χ4v) is 3.39. The van der Waals surface area contributed by atoms with Crippen molar-refractivity contribution >= 4 is 15.9 Å². The molecule has 3 rings (SSSR count). The van der Waals surface area contributed by atoms with E-state index in [2.05, 4.69) is 22.0 Å². The molecule has 1 aromatic carbocycles. The highest BCUT2D eigenvalue weighted by Crippen LogP contribution is 2.43. The van der Waals surface area contributed by atoms with Gasteiger partial charge >= 0.3 is 0 Å². The number of halogens is 1. The predicted octanol–water partition coefficient (Wildman–Crippen LogP) is 2.75. The Morgan fingerprint density at radius 3 is 3.13 bits per heavy atom. The molecule has 0 fully saturated rings. The van der Waals surface area contributed by atoms with E-state index in [1.807, 2.05) is 0 Å². The van der Waals surface area contributed by atoms with Gasteiger partial charge < -0.3 is 9.84 Å². The molecule has 1 aliphatic heterocycles. The second kappa shape index (κ2) is 3.49.